The van der Waals surface area contributed by atoms with Crippen LogP contribution in [0.4, 0.5) is 17.6 Å². The van der Waals surface area contributed by atoms with Crippen molar-refractivity contribution in [1.29, 1.82) is 0 Å². The lowest BCUT2D eigenvalue weighted by atomic mass is 10.0. The molecule has 1 aromatic carbocycles. The molecule has 1 aliphatic heterocycles. The van der Waals surface area contributed by atoms with Gasteiger partial charge >= 0.3 is 5.97 Å². The van der Waals surface area contributed by atoms with Crippen LogP contribution in [0, 0.1) is 13.8 Å². The van der Waals surface area contributed by atoms with Crippen molar-refractivity contribution in [3.05, 3.63) is 52.7 Å². The second kappa shape index (κ2) is 10.5. The number of carboxylic acid groups (broad SMARTS) is 1. The van der Waals surface area contributed by atoms with E-state index in [4.69, 9.17) is 20.6 Å². The van der Waals surface area contributed by atoms with E-state index >= 15 is 0 Å². The van der Waals surface area contributed by atoms with Crippen molar-refractivity contribution in [2.45, 2.75) is 26.7 Å². The molecule has 1 saturated heterocycles. The molecule has 0 radical (unpaired) electrons. The summed E-state index contributed by atoms with van der Waals surface area (Å²) in [6.45, 7) is 7.57. The Bertz CT molecular complexity index is 1220. The number of fused-ring (bicyclic) bond motifs is 1. The smallest absolute Gasteiger partial charge is 0.328 e. The van der Waals surface area contributed by atoms with Gasteiger partial charge in [0.05, 0.1) is 24.4 Å². The molecule has 9 nitrogen and oxygen atoms in total. The van der Waals surface area contributed by atoms with Crippen molar-refractivity contribution in [2.24, 2.45) is 0 Å². The summed E-state index contributed by atoms with van der Waals surface area (Å²) < 4.78 is 5.54. The first-order chi connectivity index (χ1) is 16.4. The largest absolute Gasteiger partial charge is 0.478 e. The zero-order chi connectivity index (χ0) is 24.1. The van der Waals surface area contributed by atoms with E-state index in [1.54, 1.807) is 6.92 Å². The van der Waals surface area contributed by atoms with Crippen LogP contribution in [-0.4, -0.2) is 58.9 Å². The molecule has 1 aliphatic rings. The molecule has 0 bridgehead atoms. The third-order valence-corrected chi connectivity index (χ3v) is 5.88. The fourth-order valence-corrected chi connectivity index (χ4v) is 4.19. The van der Waals surface area contributed by atoms with E-state index in [1.807, 2.05) is 0 Å². The van der Waals surface area contributed by atoms with Gasteiger partial charge in [-0.2, -0.15) is 4.98 Å². The Hall–Kier alpha value is -3.72. The van der Waals surface area contributed by atoms with Crippen LogP contribution in [0.25, 0.3) is 17.0 Å². The van der Waals surface area contributed by atoms with Crippen LogP contribution < -0.4 is 16.0 Å². The number of benzene rings is 1. The monoisotopic (exact) mass is 462 g/mol. The Balaban J connectivity index is 1.52. The van der Waals surface area contributed by atoms with Crippen molar-refractivity contribution in [1.82, 2.24) is 15.0 Å². The van der Waals surface area contributed by atoms with Crippen LogP contribution in [0.2, 0.25) is 0 Å². The van der Waals surface area contributed by atoms with Crippen LogP contribution >= 0.6 is 0 Å². The lowest BCUT2D eigenvalue weighted by Gasteiger charge is -2.30. The number of rotatable bonds is 8. The van der Waals surface area contributed by atoms with E-state index in [9.17, 15) is 4.79 Å². The van der Waals surface area contributed by atoms with Crippen molar-refractivity contribution < 1.29 is 14.6 Å². The third-order valence-electron chi connectivity index (χ3n) is 5.88. The maximum Gasteiger partial charge on any atom is 0.328 e. The van der Waals surface area contributed by atoms with E-state index in [1.165, 1.54) is 17.2 Å². The first-order valence-corrected chi connectivity index (χ1v) is 11.4. The first-order valence-electron chi connectivity index (χ1n) is 11.4. The van der Waals surface area contributed by atoms with E-state index in [2.05, 4.69) is 51.4 Å². The number of nitrogens with two attached hydrogens (primary N) is 1. The lowest BCUT2D eigenvalue weighted by Crippen LogP contribution is -2.37. The standard InChI is InChI=1S/C25H30N6O3/c1-16-5-3-6-18-15-19(24(29-22(16)18)31-11-13-34-14-12-31)7-4-10-27-23-20(8-9-21(32)33)17(2)28-25(26)30-23/h3,5-6,8-9,15H,4,7,10-14H2,1-2H3,(H,32,33)(H3,26,27,28,30). The van der Waals surface area contributed by atoms with Gasteiger partial charge in [0.1, 0.15) is 11.6 Å². The molecule has 4 rings (SSSR count). The Kier molecular flexibility index (Phi) is 7.22. The highest BCUT2D eigenvalue weighted by atomic mass is 16.5. The predicted molar refractivity (Wildman–Crippen MR) is 134 cm³/mol. The third kappa shape index (κ3) is 5.43. The summed E-state index contributed by atoms with van der Waals surface area (Å²) in [6, 6.07) is 8.50. The number of hydrogen-bond acceptors (Lipinski definition) is 8. The van der Waals surface area contributed by atoms with Gasteiger partial charge < -0.3 is 25.8 Å². The molecule has 1 fully saturated rings. The van der Waals surface area contributed by atoms with Gasteiger partial charge in [-0.3, -0.25) is 0 Å². The van der Waals surface area contributed by atoms with Gasteiger partial charge in [-0.05, 0) is 50.0 Å². The number of nitrogen functional groups attached to an aromatic ring is 1. The molecule has 9 heteroatoms. The number of pyridine rings is 1. The second-order valence-electron chi connectivity index (χ2n) is 8.35. The molecular formula is C25H30N6O3. The highest BCUT2D eigenvalue weighted by molar-refractivity contribution is 5.87. The van der Waals surface area contributed by atoms with Crippen LogP contribution in [0.15, 0.2) is 30.3 Å². The van der Waals surface area contributed by atoms with Gasteiger partial charge in [0, 0.05) is 36.7 Å². The minimum atomic E-state index is -1.03. The molecule has 4 N–H and O–H groups in total. The number of aryl methyl sites for hydroxylation is 3. The Morgan fingerprint density at radius 3 is 2.79 bits per heavy atom. The normalized spacial score (nSPS) is 14.1. The van der Waals surface area contributed by atoms with E-state index in [-0.39, 0.29) is 5.95 Å². The average molecular weight is 463 g/mol. The molecular weight excluding hydrogens is 432 g/mol. The zero-order valence-corrected chi connectivity index (χ0v) is 19.5. The maximum atomic E-state index is 11.0. The number of aromatic nitrogens is 3. The van der Waals surface area contributed by atoms with Crippen LogP contribution in [0.1, 0.15) is 28.8 Å². The van der Waals surface area contributed by atoms with Crippen LogP contribution in [-0.2, 0) is 16.0 Å². The zero-order valence-electron chi connectivity index (χ0n) is 19.5. The van der Waals surface area contributed by atoms with Crippen molar-refractivity contribution in [2.75, 3.05) is 48.8 Å². The number of nitrogens with one attached hydrogen (secondary N) is 1. The minimum absolute atomic E-state index is 0.149. The lowest BCUT2D eigenvalue weighted by molar-refractivity contribution is -0.131. The van der Waals surface area contributed by atoms with Gasteiger partial charge in [-0.25, -0.2) is 14.8 Å². The number of carboxylic acids is 1. The van der Waals surface area contributed by atoms with Gasteiger partial charge in [-0.15, -0.1) is 0 Å². The van der Waals surface area contributed by atoms with Gasteiger partial charge in [0.2, 0.25) is 5.95 Å². The van der Waals surface area contributed by atoms with Gasteiger partial charge in [0.15, 0.2) is 0 Å². The van der Waals surface area contributed by atoms with Crippen LogP contribution in [0.3, 0.4) is 0 Å². The number of para-hydroxylation sites is 1. The average Bonchev–Trinajstić information content (AvgIpc) is 2.81. The van der Waals surface area contributed by atoms with Gasteiger partial charge in [0.25, 0.3) is 0 Å². The quantitative estimate of drug-likeness (QED) is 0.342. The Morgan fingerprint density at radius 2 is 2.03 bits per heavy atom. The number of hydrogen-bond donors (Lipinski definition) is 3. The number of ether oxygens (including phenoxy) is 1. The summed E-state index contributed by atoms with van der Waals surface area (Å²) in [4.78, 5) is 26.8. The summed E-state index contributed by atoms with van der Waals surface area (Å²) in [5.74, 6) is 0.675. The molecule has 34 heavy (non-hydrogen) atoms. The predicted octanol–water partition coefficient (Wildman–Crippen LogP) is 3.20. The minimum Gasteiger partial charge on any atom is -0.478 e. The first kappa shape index (κ1) is 23.4. The SMILES string of the molecule is Cc1nc(N)nc(NCCCc2cc3cccc(C)c3nc2N2CCOCC2)c1C=CC(=O)O. The molecule has 3 heterocycles. The summed E-state index contributed by atoms with van der Waals surface area (Å²) in [7, 11) is 0. The fraction of sp³-hybridized carbons (Fsp3) is 0.360. The molecule has 2 aromatic heterocycles. The molecule has 0 unspecified atom stereocenters. The molecule has 0 aliphatic carbocycles. The molecule has 0 amide bonds. The summed E-state index contributed by atoms with van der Waals surface area (Å²) in [5, 5.41) is 13.4. The van der Waals surface area contributed by atoms with E-state index in [0.717, 1.165) is 48.7 Å². The van der Waals surface area contributed by atoms with E-state index in [0.29, 0.717) is 36.8 Å². The number of nitrogens with zero attached hydrogens (tertiary/aromatic N) is 4. The summed E-state index contributed by atoms with van der Waals surface area (Å²) >= 11 is 0. The van der Waals surface area contributed by atoms with E-state index < -0.39 is 5.97 Å². The summed E-state index contributed by atoms with van der Waals surface area (Å²) in [5.41, 5.74) is 10.5. The molecule has 0 saturated carbocycles. The topological polar surface area (TPSA) is 126 Å². The van der Waals surface area contributed by atoms with Crippen molar-refractivity contribution in [3.63, 3.8) is 0 Å². The second-order valence-corrected chi connectivity index (χ2v) is 8.35. The molecule has 0 spiro atoms. The summed E-state index contributed by atoms with van der Waals surface area (Å²) in [6.07, 6.45) is 4.23. The number of carbonyl (C=O) groups is 1. The molecule has 3 aromatic rings. The number of anilines is 3. The van der Waals surface area contributed by atoms with Crippen molar-refractivity contribution in [3.8, 4) is 0 Å². The highest BCUT2D eigenvalue weighted by Crippen LogP contribution is 2.27. The Labute approximate surface area is 198 Å². The number of aliphatic carboxylic acids is 1. The Morgan fingerprint density at radius 1 is 1.24 bits per heavy atom. The van der Waals surface area contributed by atoms with Crippen molar-refractivity contribution >= 4 is 40.5 Å². The fourth-order valence-electron chi connectivity index (χ4n) is 4.19. The number of morpholine rings is 1. The highest BCUT2D eigenvalue weighted by Gasteiger charge is 2.18. The van der Waals surface area contributed by atoms with Crippen LogP contribution in [0.5, 0.6) is 0 Å². The molecule has 178 valence electrons. The van der Waals surface area contributed by atoms with Gasteiger partial charge in [-0.1, -0.05) is 18.2 Å². The maximum absolute atomic E-state index is 11.0. The molecule has 0 atom stereocenters.